The van der Waals surface area contributed by atoms with Crippen molar-refractivity contribution in [2.75, 3.05) is 5.84 Å². The number of hydrogen-bond acceptors (Lipinski definition) is 4. The molecule has 0 aliphatic carbocycles. The van der Waals surface area contributed by atoms with E-state index in [1.165, 1.54) is 15.8 Å². The van der Waals surface area contributed by atoms with E-state index < -0.39 is 0 Å². The third-order valence-corrected chi connectivity index (χ3v) is 5.01. The molecule has 4 nitrogen and oxygen atoms in total. The molecule has 3 aromatic rings. The zero-order valence-corrected chi connectivity index (χ0v) is 15.2. The van der Waals surface area contributed by atoms with Crippen molar-refractivity contribution in [2.24, 2.45) is 0 Å². The molecular weight excluding hydrogens is 340 g/mol. The Morgan fingerprint density at radius 3 is 2.54 bits per heavy atom. The second kappa shape index (κ2) is 7.28. The number of nitrogen functional groups attached to an aromatic ring is 1. The molecule has 124 valence electrons. The third kappa shape index (κ3) is 3.74. The second-order valence-electron chi connectivity index (χ2n) is 5.87. The standard InChI is InChI=1S/C18H19ClN4S/c1-12(2)14-8-6-13(7-9-14)11-24-18-22-21-17(23(18)20)15-4-3-5-16(19)10-15/h3-10,12H,11,20H2,1-2H3. The minimum absolute atomic E-state index is 0.541. The molecule has 0 aliphatic rings. The summed E-state index contributed by atoms with van der Waals surface area (Å²) in [5.41, 5.74) is 3.43. The van der Waals surface area contributed by atoms with E-state index in [1.807, 2.05) is 24.3 Å². The highest BCUT2D eigenvalue weighted by Crippen LogP contribution is 2.26. The van der Waals surface area contributed by atoms with Gasteiger partial charge in [0, 0.05) is 16.3 Å². The van der Waals surface area contributed by atoms with Crippen LogP contribution in [0.25, 0.3) is 11.4 Å². The minimum atomic E-state index is 0.541. The highest BCUT2D eigenvalue weighted by Gasteiger charge is 2.12. The Balaban J connectivity index is 1.72. The van der Waals surface area contributed by atoms with Gasteiger partial charge in [-0.3, -0.25) is 0 Å². The van der Waals surface area contributed by atoms with Gasteiger partial charge < -0.3 is 5.84 Å². The number of thioether (sulfide) groups is 1. The molecule has 0 spiro atoms. The van der Waals surface area contributed by atoms with Gasteiger partial charge >= 0.3 is 0 Å². The van der Waals surface area contributed by atoms with Crippen LogP contribution < -0.4 is 5.84 Å². The molecule has 0 atom stereocenters. The van der Waals surface area contributed by atoms with Gasteiger partial charge in [0.15, 0.2) is 5.82 Å². The molecule has 2 N–H and O–H groups in total. The molecule has 24 heavy (non-hydrogen) atoms. The molecule has 3 rings (SSSR count). The molecule has 1 heterocycles. The van der Waals surface area contributed by atoms with Crippen LogP contribution in [0.15, 0.2) is 53.7 Å². The summed E-state index contributed by atoms with van der Waals surface area (Å²) in [5.74, 6) is 8.08. The van der Waals surface area contributed by atoms with Crippen molar-refractivity contribution in [3.8, 4) is 11.4 Å². The zero-order chi connectivity index (χ0) is 17.1. The van der Waals surface area contributed by atoms with E-state index in [9.17, 15) is 0 Å². The van der Waals surface area contributed by atoms with Crippen LogP contribution in [0.3, 0.4) is 0 Å². The van der Waals surface area contributed by atoms with Crippen LogP contribution in [0.2, 0.25) is 5.02 Å². The Kier molecular flexibility index (Phi) is 5.11. The van der Waals surface area contributed by atoms with Crippen LogP contribution in [0, 0.1) is 0 Å². The minimum Gasteiger partial charge on any atom is -0.335 e. The highest BCUT2D eigenvalue weighted by atomic mass is 35.5. The molecule has 0 fully saturated rings. The number of benzene rings is 2. The quantitative estimate of drug-likeness (QED) is 0.529. The Hall–Kier alpha value is -1.98. The van der Waals surface area contributed by atoms with Crippen molar-refractivity contribution in [3.05, 3.63) is 64.7 Å². The van der Waals surface area contributed by atoms with E-state index in [0.29, 0.717) is 21.9 Å². The van der Waals surface area contributed by atoms with E-state index in [4.69, 9.17) is 17.4 Å². The SMILES string of the molecule is CC(C)c1ccc(CSc2nnc(-c3cccc(Cl)c3)n2N)cc1. The first kappa shape index (κ1) is 16.9. The number of halogens is 1. The molecule has 0 aliphatic heterocycles. The first-order valence-electron chi connectivity index (χ1n) is 7.72. The molecule has 0 saturated carbocycles. The van der Waals surface area contributed by atoms with Gasteiger partial charge in [-0.05, 0) is 29.2 Å². The summed E-state index contributed by atoms with van der Waals surface area (Å²) in [6, 6.07) is 16.1. The first-order valence-corrected chi connectivity index (χ1v) is 9.09. The maximum absolute atomic E-state index is 6.14. The number of nitrogens with zero attached hydrogens (tertiary/aromatic N) is 3. The lowest BCUT2D eigenvalue weighted by Gasteiger charge is -2.07. The molecule has 2 aromatic carbocycles. The lowest BCUT2D eigenvalue weighted by Crippen LogP contribution is -2.11. The van der Waals surface area contributed by atoms with Crippen molar-refractivity contribution in [3.63, 3.8) is 0 Å². The van der Waals surface area contributed by atoms with Crippen LogP contribution in [0.4, 0.5) is 0 Å². The normalized spacial score (nSPS) is 11.2. The van der Waals surface area contributed by atoms with Crippen LogP contribution in [-0.2, 0) is 5.75 Å². The summed E-state index contributed by atoms with van der Waals surface area (Å²) in [4.78, 5) is 0. The van der Waals surface area contributed by atoms with Gasteiger partial charge in [0.1, 0.15) is 0 Å². The number of aromatic nitrogens is 3. The van der Waals surface area contributed by atoms with E-state index in [-0.39, 0.29) is 0 Å². The fraction of sp³-hybridized carbons (Fsp3) is 0.222. The van der Waals surface area contributed by atoms with E-state index in [1.54, 1.807) is 11.8 Å². The van der Waals surface area contributed by atoms with Crippen molar-refractivity contribution in [2.45, 2.75) is 30.7 Å². The summed E-state index contributed by atoms with van der Waals surface area (Å²) < 4.78 is 1.51. The largest absolute Gasteiger partial charge is 0.335 e. The maximum Gasteiger partial charge on any atom is 0.210 e. The van der Waals surface area contributed by atoms with Gasteiger partial charge in [0.05, 0.1) is 0 Å². The fourth-order valence-corrected chi connectivity index (χ4v) is 3.35. The van der Waals surface area contributed by atoms with Crippen LogP contribution in [0.5, 0.6) is 0 Å². The third-order valence-electron chi connectivity index (χ3n) is 3.76. The Labute approximate surface area is 151 Å². The predicted molar refractivity (Wildman–Crippen MR) is 101 cm³/mol. The lowest BCUT2D eigenvalue weighted by atomic mass is 10.0. The van der Waals surface area contributed by atoms with E-state index >= 15 is 0 Å². The number of hydrogen-bond donors (Lipinski definition) is 1. The van der Waals surface area contributed by atoms with E-state index in [0.717, 1.165) is 11.3 Å². The van der Waals surface area contributed by atoms with Gasteiger partial charge in [-0.15, -0.1) is 10.2 Å². The molecule has 1 aromatic heterocycles. The first-order chi connectivity index (χ1) is 11.5. The Bertz CT molecular complexity index is 827. The van der Waals surface area contributed by atoms with E-state index in [2.05, 4.69) is 48.3 Å². The summed E-state index contributed by atoms with van der Waals surface area (Å²) in [5, 5.41) is 9.70. The van der Waals surface area contributed by atoms with Gasteiger partial charge in [0.25, 0.3) is 0 Å². The maximum atomic E-state index is 6.14. The van der Waals surface area contributed by atoms with Crippen molar-refractivity contribution < 1.29 is 0 Å². The molecule has 0 amide bonds. The average Bonchev–Trinajstić information content (AvgIpc) is 2.94. The van der Waals surface area contributed by atoms with Gasteiger partial charge in [0.2, 0.25) is 5.16 Å². The van der Waals surface area contributed by atoms with Gasteiger partial charge in [-0.2, -0.15) is 0 Å². The molecule has 0 saturated heterocycles. The molecule has 6 heteroatoms. The van der Waals surface area contributed by atoms with Crippen LogP contribution in [0.1, 0.15) is 30.9 Å². The van der Waals surface area contributed by atoms with Crippen molar-refractivity contribution in [1.82, 2.24) is 14.9 Å². The smallest absolute Gasteiger partial charge is 0.210 e. The Morgan fingerprint density at radius 1 is 1.12 bits per heavy atom. The molecule has 0 unspecified atom stereocenters. The summed E-state index contributed by atoms with van der Waals surface area (Å²) in [6.07, 6.45) is 0. The highest BCUT2D eigenvalue weighted by molar-refractivity contribution is 7.98. The predicted octanol–water partition coefficient (Wildman–Crippen LogP) is 4.73. The van der Waals surface area contributed by atoms with Crippen LogP contribution in [-0.4, -0.2) is 14.9 Å². The molecular formula is C18H19ClN4S. The fourth-order valence-electron chi connectivity index (χ4n) is 2.35. The average molecular weight is 359 g/mol. The van der Waals surface area contributed by atoms with Gasteiger partial charge in [-0.25, -0.2) is 4.68 Å². The Morgan fingerprint density at radius 2 is 1.88 bits per heavy atom. The number of rotatable bonds is 5. The van der Waals surface area contributed by atoms with Crippen LogP contribution >= 0.6 is 23.4 Å². The lowest BCUT2D eigenvalue weighted by molar-refractivity contribution is 0.849. The van der Waals surface area contributed by atoms with Gasteiger partial charge in [-0.1, -0.05) is 73.6 Å². The van der Waals surface area contributed by atoms with Crippen molar-refractivity contribution >= 4 is 23.4 Å². The van der Waals surface area contributed by atoms with Crippen molar-refractivity contribution in [1.29, 1.82) is 0 Å². The topological polar surface area (TPSA) is 56.7 Å². The number of nitrogens with two attached hydrogens (primary N) is 1. The molecule has 0 bridgehead atoms. The zero-order valence-electron chi connectivity index (χ0n) is 13.6. The molecule has 0 radical (unpaired) electrons. The summed E-state index contributed by atoms with van der Waals surface area (Å²) >= 11 is 7.59. The summed E-state index contributed by atoms with van der Waals surface area (Å²) in [7, 11) is 0. The monoisotopic (exact) mass is 358 g/mol. The second-order valence-corrected chi connectivity index (χ2v) is 7.25. The summed E-state index contributed by atoms with van der Waals surface area (Å²) in [6.45, 7) is 4.38.